The van der Waals surface area contributed by atoms with Crippen LogP contribution >= 0.6 is 11.6 Å². The first kappa shape index (κ1) is 23.4. The highest BCUT2D eigenvalue weighted by atomic mass is 35.5. The predicted molar refractivity (Wildman–Crippen MR) is 103 cm³/mol. The molecule has 8 nitrogen and oxygen atoms in total. The molecule has 0 bridgehead atoms. The lowest BCUT2D eigenvalue weighted by molar-refractivity contribution is -0.143. The van der Waals surface area contributed by atoms with Crippen molar-refractivity contribution in [3.05, 3.63) is 34.9 Å². The number of halogens is 1. The largest absolute Gasteiger partial charge is 0.481 e. The summed E-state index contributed by atoms with van der Waals surface area (Å²) in [5.41, 5.74) is -0.247. The summed E-state index contributed by atoms with van der Waals surface area (Å²) in [6.07, 6.45) is -0.416. The molecule has 0 fully saturated rings. The van der Waals surface area contributed by atoms with Crippen LogP contribution in [0, 0.1) is 0 Å². The van der Waals surface area contributed by atoms with Crippen LogP contribution in [-0.2, 0) is 24.6 Å². The molecule has 2 amide bonds. The lowest BCUT2D eigenvalue weighted by Gasteiger charge is -2.27. The van der Waals surface area contributed by atoms with Gasteiger partial charge in [-0.3, -0.25) is 14.4 Å². The topological polar surface area (TPSA) is 133 Å². The third kappa shape index (κ3) is 6.53. The van der Waals surface area contributed by atoms with Gasteiger partial charge in [0, 0.05) is 11.4 Å². The maximum Gasteiger partial charge on any atom is 0.326 e. The Kier molecular flexibility index (Phi) is 8.43. The summed E-state index contributed by atoms with van der Waals surface area (Å²) < 4.78 is 0. The molecule has 0 unspecified atom stereocenters. The molecule has 0 saturated heterocycles. The Bertz CT molecular complexity index is 732. The second-order valence-corrected chi connectivity index (χ2v) is 7.33. The van der Waals surface area contributed by atoms with E-state index in [1.807, 2.05) is 0 Å². The van der Waals surface area contributed by atoms with E-state index in [1.54, 1.807) is 45.0 Å². The zero-order valence-corrected chi connectivity index (χ0v) is 16.7. The minimum absolute atomic E-state index is 0.236. The van der Waals surface area contributed by atoms with Gasteiger partial charge in [0.2, 0.25) is 11.8 Å². The van der Waals surface area contributed by atoms with Crippen molar-refractivity contribution in [2.75, 3.05) is 0 Å². The second-order valence-electron chi connectivity index (χ2n) is 6.90. The minimum Gasteiger partial charge on any atom is -0.481 e. The van der Waals surface area contributed by atoms with E-state index in [2.05, 4.69) is 10.6 Å². The Morgan fingerprint density at radius 2 is 1.61 bits per heavy atom. The van der Waals surface area contributed by atoms with Crippen LogP contribution in [0.1, 0.15) is 45.6 Å². The van der Waals surface area contributed by atoms with E-state index < -0.39 is 47.7 Å². The van der Waals surface area contributed by atoms with Crippen LogP contribution in [0.2, 0.25) is 5.02 Å². The van der Waals surface area contributed by atoms with E-state index in [9.17, 15) is 19.2 Å². The second kappa shape index (κ2) is 10.1. The number of hydrogen-bond donors (Lipinski definition) is 4. The van der Waals surface area contributed by atoms with Crippen molar-refractivity contribution < 1.29 is 29.4 Å². The summed E-state index contributed by atoms with van der Waals surface area (Å²) in [4.78, 5) is 47.1. The molecule has 1 aromatic rings. The normalized spacial score (nSPS) is 13.3. The van der Waals surface area contributed by atoms with Crippen LogP contribution < -0.4 is 10.6 Å². The average molecular weight is 413 g/mol. The highest BCUT2D eigenvalue weighted by Gasteiger charge is 2.33. The summed E-state index contributed by atoms with van der Waals surface area (Å²) in [6.45, 7) is 5.07. The number of carboxylic acid groups (broad SMARTS) is 2. The number of benzene rings is 1. The van der Waals surface area contributed by atoms with Gasteiger partial charge in [-0.2, -0.15) is 0 Å². The zero-order valence-electron chi connectivity index (χ0n) is 16.0. The van der Waals surface area contributed by atoms with E-state index in [0.717, 1.165) is 0 Å². The summed E-state index contributed by atoms with van der Waals surface area (Å²) in [6, 6.07) is 4.46. The molecular weight excluding hydrogens is 388 g/mol. The number of aliphatic carboxylic acids is 2. The molecule has 0 heterocycles. The number of carbonyl (C=O) groups is 4. The molecular formula is C19H25ClN2O6. The highest BCUT2D eigenvalue weighted by Crippen LogP contribution is 2.25. The fourth-order valence-corrected chi connectivity index (χ4v) is 2.61. The van der Waals surface area contributed by atoms with E-state index in [1.165, 1.54) is 0 Å². The monoisotopic (exact) mass is 412 g/mol. The van der Waals surface area contributed by atoms with Crippen molar-refractivity contribution >= 4 is 35.4 Å². The van der Waals surface area contributed by atoms with Gasteiger partial charge in [-0.1, -0.05) is 30.7 Å². The maximum atomic E-state index is 12.7. The van der Waals surface area contributed by atoms with Gasteiger partial charge in [-0.05, 0) is 44.4 Å². The van der Waals surface area contributed by atoms with Crippen molar-refractivity contribution in [2.45, 2.75) is 57.5 Å². The van der Waals surface area contributed by atoms with E-state index in [0.29, 0.717) is 10.6 Å². The molecule has 0 aliphatic rings. The molecule has 4 N–H and O–H groups in total. The smallest absolute Gasteiger partial charge is 0.326 e. The summed E-state index contributed by atoms with van der Waals surface area (Å²) >= 11 is 5.87. The Hall–Kier alpha value is -2.61. The van der Waals surface area contributed by atoms with Crippen molar-refractivity contribution in [1.29, 1.82) is 0 Å². The summed E-state index contributed by atoms with van der Waals surface area (Å²) in [5, 5.41) is 23.3. The van der Waals surface area contributed by atoms with Gasteiger partial charge in [0.25, 0.3) is 0 Å². The van der Waals surface area contributed by atoms with Crippen molar-refractivity contribution in [3.8, 4) is 0 Å². The Morgan fingerprint density at radius 3 is 2.07 bits per heavy atom. The predicted octanol–water partition coefficient (Wildman–Crippen LogP) is 1.95. The number of carbonyl (C=O) groups excluding carboxylic acids is 2. The van der Waals surface area contributed by atoms with Gasteiger partial charge in [-0.25, -0.2) is 4.79 Å². The Morgan fingerprint density at radius 1 is 1.04 bits per heavy atom. The molecule has 154 valence electrons. The number of amides is 2. The molecule has 0 radical (unpaired) electrons. The lowest BCUT2D eigenvalue weighted by Crippen LogP contribution is -2.54. The van der Waals surface area contributed by atoms with E-state index in [-0.39, 0.29) is 12.8 Å². The fraction of sp³-hybridized carbons (Fsp3) is 0.474. The van der Waals surface area contributed by atoms with Crippen molar-refractivity contribution in [1.82, 2.24) is 10.6 Å². The lowest BCUT2D eigenvalue weighted by atomic mass is 9.83. The number of carboxylic acids is 2. The van der Waals surface area contributed by atoms with Crippen LogP contribution in [0.5, 0.6) is 0 Å². The molecule has 28 heavy (non-hydrogen) atoms. The molecule has 0 spiro atoms. The van der Waals surface area contributed by atoms with Gasteiger partial charge in [0.1, 0.15) is 12.1 Å². The molecule has 9 heteroatoms. The van der Waals surface area contributed by atoms with Crippen LogP contribution in [0.4, 0.5) is 0 Å². The highest BCUT2D eigenvalue weighted by molar-refractivity contribution is 6.30. The molecule has 0 aromatic heterocycles. The number of nitrogens with one attached hydrogen (secondary N) is 2. The SMILES string of the molecule is CC[C@H](NC(=O)C(C)(C)c1ccc(Cl)cc1)C(=O)N[C@H](CCC(=O)O)C(=O)O. The quantitative estimate of drug-likeness (QED) is 0.464. The first-order valence-corrected chi connectivity index (χ1v) is 9.18. The zero-order chi connectivity index (χ0) is 21.5. The Balaban J connectivity index is 2.84. The van der Waals surface area contributed by atoms with E-state index >= 15 is 0 Å². The van der Waals surface area contributed by atoms with Gasteiger partial charge in [0.05, 0.1) is 5.41 Å². The number of hydrogen-bond acceptors (Lipinski definition) is 4. The van der Waals surface area contributed by atoms with Crippen molar-refractivity contribution in [2.24, 2.45) is 0 Å². The van der Waals surface area contributed by atoms with Gasteiger partial charge in [0.15, 0.2) is 0 Å². The standard InChI is InChI=1S/C19H25ClN2O6/c1-4-13(16(25)21-14(17(26)27)9-10-15(23)24)22-18(28)19(2,3)11-5-7-12(20)8-6-11/h5-8,13-14H,4,9-10H2,1-3H3,(H,21,25)(H,22,28)(H,23,24)(H,26,27)/t13-,14+/m0/s1. The minimum atomic E-state index is -1.35. The molecule has 1 rings (SSSR count). The molecule has 0 saturated carbocycles. The third-order valence-corrected chi connectivity index (χ3v) is 4.68. The number of rotatable bonds is 10. The van der Waals surface area contributed by atoms with Crippen LogP contribution in [0.15, 0.2) is 24.3 Å². The Labute approximate surface area is 168 Å². The van der Waals surface area contributed by atoms with Crippen LogP contribution in [0.25, 0.3) is 0 Å². The van der Waals surface area contributed by atoms with Gasteiger partial charge in [-0.15, -0.1) is 0 Å². The average Bonchev–Trinajstić information content (AvgIpc) is 2.62. The molecule has 0 aliphatic carbocycles. The first-order valence-electron chi connectivity index (χ1n) is 8.81. The first-order chi connectivity index (χ1) is 13.0. The molecule has 0 aliphatic heterocycles. The van der Waals surface area contributed by atoms with E-state index in [4.69, 9.17) is 21.8 Å². The summed E-state index contributed by atoms with van der Waals surface area (Å²) in [5.74, 6) is -3.59. The van der Waals surface area contributed by atoms with Crippen LogP contribution in [0.3, 0.4) is 0 Å². The van der Waals surface area contributed by atoms with Crippen LogP contribution in [-0.4, -0.2) is 46.0 Å². The molecule has 2 atom stereocenters. The van der Waals surface area contributed by atoms with Gasteiger partial charge < -0.3 is 20.8 Å². The maximum absolute atomic E-state index is 12.7. The fourth-order valence-electron chi connectivity index (χ4n) is 2.49. The molecule has 1 aromatic carbocycles. The third-order valence-electron chi connectivity index (χ3n) is 4.43. The van der Waals surface area contributed by atoms with Crippen molar-refractivity contribution in [3.63, 3.8) is 0 Å². The summed E-state index contributed by atoms with van der Waals surface area (Å²) in [7, 11) is 0. The van der Waals surface area contributed by atoms with Gasteiger partial charge >= 0.3 is 11.9 Å².